The molecule has 1 fully saturated rings. The van der Waals surface area contributed by atoms with Crippen LogP contribution in [-0.4, -0.2) is 65.1 Å². The van der Waals surface area contributed by atoms with Gasteiger partial charge in [0.2, 0.25) is 5.91 Å². The number of nitrogens with one attached hydrogen (secondary N) is 1. The van der Waals surface area contributed by atoms with E-state index in [1.807, 2.05) is 0 Å². The molecular formula is C16H31NO6. The second-order valence-corrected chi connectivity index (χ2v) is 6.07. The molecule has 1 heterocycles. The van der Waals surface area contributed by atoms with Crippen molar-refractivity contribution in [3.05, 3.63) is 0 Å². The maximum Gasteiger partial charge on any atom is 0.217 e. The van der Waals surface area contributed by atoms with Gasteiger partial charge in [-0.1, -0.05) is 39.0 Å². The third-order valence-electron chi connectivity index (χ3n) is 4.03. The van der Waals surface area contributed by atoms with Crippen molar-refractivity contribution < 1.29 is 29.6 Å². The molecule has 0 aromatic rings. The smallest absolute Gasteiger partial charge is 0.217 e. The zero-order valence-corrected chi connectivity index (χ0v) is 14.1. The number of unbranched alkanes of at least 4 members (excludes halogenated alkanes) is 5. The fourth-order valence-electron chi connectivity index (χ4n) is 2.69. The monoisotopic (exact) mass is 333 g/mol. The third-order valence-corrected chi connectivity index (χ3v) is 4.03. The molecule has 0 unspecified atom stereocenters. The van der Waals surface area contributed by atoms with Crippen LogP contribution < -0.4 is 5.32 Å². The van der Waals surface area contributed by atoms with Gasteiger partial charge >= 0.3 is 0 Å². The lowest BCUT2D eigenvalue weighted by atomic mass is 9.97. The van der Waals surface area contributed by atoms with Crippen molar-refractivity contribution in [1.82, 2.24) is 5.32 Å². The Bertz CT molecular complexity index is 341. The molecule has 0 bridgehead atoms. The highest BCUT2D eigenvalue weighted by Crippen LogP contribution is 2.22. The van der Waals surface area contributed by atoms with Crippen LogP contribution in [0.25, 0.3) is 0 Å². The summed E-state index contributed by atoms with van der Waals surface area (Å²) in [6.45, 7) is 3.50. The van der Waals surface area contributed by atoms with Crippen LogP contribution in [-0.2, 0) is 14.3 Å². The fraction of sp³-hybridized carbons (Fsp3) is 0.938. The van der Waals surface area contributed by atoms with Crippen molar-refractivity contribution in [3.8, 4) is 0 Å². The van der Waals surface area contributed by atoms with E-state index in [0.717, 1.165) is 19.3 Å². The molecule has 0 saturated carbocycles. The van der Waals surface area contributed by atoms with Gasteiger partial charge < -0.3 is 30.1 Å². The van der Waals surface area contributed by atoms with Crippen molar-refractivity contribution >= 4 is 5.91 Å². The Kier molecular flexibility index (Phi) is 9.66. The summed E-state index contributed by atoms with van der Waals surface area (Å²) in [6.07, 6.45) is 2.37. The van der Waals surface area contributed by atoms with Crippen LogP contribution in [0.5, 0.6) is 0 Å². The van der Waals surface area contributed by atoms with Crippen LogP contribution in [0.2, 0.25) is 0 Å². The normalized spacial score (nSPS) is 31.1. The number of ether oxygens (including phenoxy) is 2. The Morgan fingerprint density at radius 3 is 2.39 bits per heavy atom. The van der Waals surface area contributed by atoms with E-state index >= 15 is 0 Å². The van der Waals surface area contributed by atoms with Gasteiger partial charge in [0.05, 0.1) is 6.61 Å². The minimum Gasteiger partial charge on any atom is -0.394 e. The standard InChI is InChI=1S/C16H31NO6/c1-3-4-5-6-7-8-9-22-16-13(17-11(2)19)15(21)14(20)12(10-18)23-16/h12-16,18,20-21H,3-10H2,1-2H3,(H,17,19)/t12-,13+,14+,15+,16-/m1/s1. The average molecular weight is 333 g/mol. The Morgan fingerprint density at radius 1 is 1.13 bits per heavy atom. The molecule has 23 heavy (non-hydrogen) atoms. The van der Waals surface area contributed by atoms with Gasteiger partial charge in [0.15, 0.2) is 6.29 Å². The molecule has 5 atom stereocenters. The topological polar surface area (TPSA) is 108 Å². The fourth-order valence-corrected chi connectivity index (χ4v) is 2.69. The largest absolute Gasteiger partial charge is 0.394 e. The van der Waals surface area contributed by atoms with Crippen LogP contribution >= 0.6 is 0 Å². The molecule has 1 aliphatic heterocycles. The van der Waals surface area contributed by atoms with E-state index in [9.17, 15) is 20.1 Å². The molecule has 7 heteroatoms. The van der Waals surface area contributed by atoms with Crippen molar-refractivity contribution in [3.63, 3.8) is 0 Å². The maximum atomic E-state index is 11.3. The molecular weight excluding hydrogens is 302 g/mol. The van der Waals surface area contributed by atoms with E-state index in [2.05, 4.69) is 12.2 Å². The summed E-state index contributed by atoms with van der Waals surface area (Å²) in [5.41, 5.74) is 0. The van der Waals surface area contributed by atoms with Crippen LogP contribution in [0, 0.1) is 0 Å². The SMILES string of the molecule is CCCCCCCCO[C@@H]1O[C@H](CO)[C@H](O)[C@@H](O)[C@@H]1NC(C)=O. The van der Waals surface area contributed by atoms with Gasteiger partial charge in [0.25, 0.3) is 0 Å². The molecule has 0 spiro atoms. The van der Waals surface area contributed by atoms with E-state index in [1.165, 1.54) is 26.2 Å². The Balaban J connectivity index is 2.45. The van der Waals surface area contributed by atoms with E-state index in [4.69, 9.17) is 9.47 Å². The number of carbonyl (C=O) groups excluding carboxylic acids is 1. The lowest BCUT2D eigenvalue weighted by Crippen LogP contribution is -2.64. The lowest BCUT2D eigenvalue weighted by Gasteiger charge is -2.42. The summed E-state index contributed by atoms with van der Waals surface area (Å²) < 4.78 is 11.1. The number of rotatable bonds is 10. The maximum absolute atomic E-state index is 11.3. The molecule has 136 valence electrons. The van der Waals surface area contributed by atoms with E-state index in [0.29, 0.717) is 6.61 Å². The molecule has 7 nitrogen and oxygen atoms in total. The first-order valence-electron chi connectivity index (χ1n) is 8.52. The van der Waals surface area contributed by atoms with Gasteiger partial charge in [-0.25, -0.2) is 0 Å². The van der Waals surface area contributed by atoms with Gasteiger partial charge in [-0.2, -0.15) is 0 Å². The minimum atomic E-state index is -1.27. The minimum absolute atomic E-state index is 0.347. The molecule has 0 radical (unpaired) electrons. The second-order valence-electron chi connectivity index (χ2n) is 6.07. The summed E-state index contributed by atoms with van der Waals surface area (Å²) in [5.74, 6) is -0.347. The summed E-state index contributed by atoms with van der Waals surface area (Å²) in [4.78, 5) is 11.3. The Labute approximate surface area is 138 Å². The molecule has 0 aliphatic carbocycles. The molecule has 1 amide bonds. The average Bonchev–Trinajstić information content (AvgIpc) is 2.52. The highest BCUT2D eigenvalue weighted by atomic mass is 16.7. The van der Waals surface area contributed by atoms with Crippen LogP contribution in [0.1, 0.15) is 52.4 Å². The highest BCUT2D eigenvalue weighted by molar-refractivity contribution is 5.73. The van der Waals surface area contributed by atoms with Crippen molar-refractivity contribution in [2.45, 2.75) is 83.0 Å². The van der Waals surface area contributed by atoms with E-state index < -0.39 is 37.3 Å². The van der Waals surface area contributed by atoms with E-state index in [-0.39, 0.29) is 5.91 Å². The lowest BCUT2D eigenvalue weighted by molar-refractivity contribution is -0.270. The third kappa shape index (κ3) is 6.73. The van der Waals surface area contributed by atoms with Gasteiger partial charge in [0.1, 0.15) is 24.4 Å². The number of carbonyl (C=O) groups is 1. The van der Waals surface area contributed by atoms with Crippen molar-refractivity contribution in [2.24, 2.45) is 0 Å². The number of hydrogen-bond acceptors (Lipinski definition) is 6. The van der Waals surface area contributed by atoms with Gasteiger partial charge in [-0.15, -0.1) is 0 Å². The van der Waals surface area contributed by atoms with Crippen LogP contribution in [0.3, 0.4) is 0 Å². The summed E-state index contributed by atoms with van der Waals surface area (Å²) in [5, 5.41) is 31.8. The summed E-state index contributed by atoms with van der Waals surface area (Å²) in [7, 11) is 0. The van der Waals surface area contributed by atoms with Gasteiger partial charge in [0, 0.05) is 13.5 Å². The quantitative estimate of drug-likeness (QED) is 0.429. The predicted molar refractivity (Wildman–Crippen MR) is 84.7 cm³/mol. The van der Waals surface area contributed by atoms with Crippen LogP contribution in [0.15, 0.2) is 0 Å². The second kappa shape index (κ2) is 10.9. The van der Waals surface area contributed by atoms with E-state index in [1.54, 1.807) is 0 Å². The van der Waals surface area contributed by atoms with Gasteiger partial charge in [-0.3, -0.25) is 4.79 Å². The van der Waals surface area contributed by atoms with Gasteiger partial charge in [-0.05, 0) is 6.42 Å². The molecule has 1 saturated heterocycles. The van der Waals surface area contributed by atoms with Crippen molar-refractivity contribution in [1.29, 1.82) is 0 Å². The Hall–Kier alpha value is -0.730. The summed E-state index contributed by atoms with van der Waals surface area (Å²) >= 11 is 0. The zero-order chi connectivity index (χ0) is 17.2. The highest BCUT2D eigenvalue weighted by Gasteiger charge is 2.45. The predicted octanol–water partition coefficient (Wildman–Crippen LogP) is 0.307. The first kappa shape index (κ1) is 20.3. The zero-order valence-electron chi connectivity index (χ0n) is 14.1. The molecule has 1 rings (SSSR count). The molecule has 4 N–H and O–H groups in total. The summed E-state index contributed by atoms with van der Waals surface area (Å²) in [6, 6.07) is -0.856. The molecule has 0 aromatic heterocycles. The number of aliphatic hydroxyl groups excluding tert-OH is 3. The van der Waals surface area contributed by atoms with Crippen LogP contribution in [0.4, 0.5) is 0 Å². The number of aliphatic hydroxyl groups is 3. The molecule has 0 aromatic carbocycles. The first-order valence-corrected chi connectivity index (χ1v) is 8.52. The molecule has 1 aliphatic rings. The Morgan fingerprint density at radius 2 is 1.78 bits per heavy atom. The number of hydrogen-bond donors (Lipinski definition) is 4. The first-order chi connectivity index (χ1) is 11.0. The number of amides is 1. The van der Waals surface area contributed by atoms with Crippen molar-refractivity contribution in [2.75, 3.05) is 13.2 Å².